The van der Waals surface area contributed by atoms with Gasteiger partial charge >= 0.3 is 12.4 Å². The molecular formula is C19H15F6N3O3S. The van der Waals surface area contributed by atoms with E-state index in [4.69, 9.17) is 0 Å². The summed E-state index contributed by atoms with van der Waals surface area (Å²) in [6.07, 6.45) is -11.0. The Bertz CT molecular complexity index is 1190. The van der Waals surface area contributed by atoms with E-state index in [1.807, 2.05) is 0 Å². The topological polar surface area (TPSA) is 84.2 Å². The van der Waals surface area contributed by atoms with Crippen molar-refractivity contribution in [2.45, 2.75) is 29.8 Å². The molecule has 0 bridgehead atoms. The van der Waals surface area contributed by atoms with E-state index < -0.39 is 33.5 Å². The summed E-state index contributed by atoms with van der Waals surface area (Å²) in [6, 6.07) is 10.6. The van der Waals surface area contributed by atoms with Gasteiger partial charge in [0.1, 0.15) is 4.90 Å². The van der Waals surface area contributed by atoms with E-state index >= 15 is 0 Å². The second-order valence-corrected chi connectivity index (χ2v) is 8.38. The number of hydrogen-bond donors (Lipinski definition) is 2. The van der Waals surface area contributed by atoms with Gasteiger partial charge in [-0.25, -0.2) is 13.1 Å². The Morgan fingerprint density at radius 1 is 0.906 bits per heavy atom. The van der Waals surface area contributed by atoms with Crippen LogP contribution in [-0.2, 0) is 15.6 Å². The summed E-state index contributed by atoms with van der Waals surface area (Å²) < 4.78 is 107. The first-order valence-electron chi connectivity index (χ1n) is 8.78. The molecule has 0 radical (unpaired) electrons. The Balaban J connectivity index is 1.91. The SMILES string of the molecule is Cc1c(S(=O)(=O)Nc2ccc(C(O)(C(F)(F)F)C(F)(F)F)cc2)cnn1-c1ccccc1. The standard InChI is InChI=1S/C19H15F6N3O3S/c1-12-16(11-26-28(12)15-5-3-2-4-6-15)32(30,31)27-14-9-7-13(8-10-14)17(29,18(20,21)22)19(23,24)25/h2-11,27,29H,1H3. The minimum absolute atomic E-state index is 0.226. The molecule has 1 heterocycles. The largest absolute Gasteiger partial charge is 0.430 e. The summed E-state index contributed by atoms with van der Waals surface area (Å²) in [5.74, 6) is 0. The van der Waals surface area contributed by atoms with Gasteiger partial charge < -0.3 is 5.11 Å². The van der Waals surface area contributed by atoms with Crippen molar-refractivity contribution in [3.05, 3.63) is 72.1 Å². The van der Waals surface area contributed by atoms with E-state index in [1.165, 1.54) is 11.6 Å². The van der Waals surface area contributed by atoms with Gasteiger partial charge in [-0.3, -0.25) is 4.72 Å². The molecule has 0 fully saturated rings. The lowest BCUT2D eigenvalue weighted by Gasteiger charge is -2.32. The van der Waals surface area contributed by atoms with Crippen molar-refractivity contribution in [1.82, 2.24) is 9.78 Å². The molecule has 3 aromatic rings. The highest BCUT2D eigenvalue weighted by Crippen LogP contribution is 2.50. The molecule has 32 heavy (non-hydrogen) atoms. The van der Waals surface area contributed by atoms with Gasteiger partial charge in [0.05, 0.1) is 17.6 Å². The highest BCUT2D eigenvalue weighted by atomic mass is 32.2. The molecule has 2 aromatic carbocycles. The van der Waals surface area contributed by atoms with E-state index in [0.29, 0.717) is 30.0 Å². The molecular weight excluding hydrogens is 464 g/mol. The van der Waals surface area contributed by atoms with Gasteiger partial charge in [0.2, 0.25) is 0 Å². The second-order valence-electron chi connectivity index (χ2n) is 6.73. The van der Waals surface area contributed by atoms with Crippen LogP contribution >= 0.6 is 0 Å². The molecule has 2 N–H and O–H groups in total. The zero-order valence-corrected chi connectivity index (χ0v) is 16.9. The molecule has 3 rings (SSSR count). The van der Waals surface area contributed by atoms with Crippen LogP contribution in [0.25, 0.3) is 5.69 Å². The van der Waals surface area contributed by atoms with Crippen LogP contribution < -0.4 is 4.72 Å². The minimum atomic E-state index is -6.05. The van der Waals surface area contributed by atoms with Gasteiger partial charge in [-0.15, -0.1) is 0 Å². The molecule has 0 unspecified atom stereocenters. The molecule has 172 valence electrons. The van der Waals surface area contributed by atoms with Crippen molar-refractivity contribution < 1.29 is 39.9 Å². The highest BCUT2D eigenvalue weighted by Gasteiger charge is 2.71. The summed E-state index contributed by atoms with van der Waals surface area (Å²) >= 11 is 0. The third-order valence-electron chi connectivity index (χ3n) is 4.63. The summed E-state index contributed by atoms with van der Waals surface area (Å²) in [4.78, 5) is -0.243. The number of anilines is 1. The van der Waals surface area contributed by atoms with Crippen LogP contribution in [0.15, 0.2) is 65.7 Å². The number of aliphatic hydroxyl groups is 1. The third kappa shape index (κ3) is 4.05. The van der Waals surface area contributed by atoms with E-state index in [-0.39, 0.29) is 16.3 Å². The molecule has 0 aliphatic rings. The summed E-state index contributed by atoms with van der Waals surface area (Å²) in [5.41, 5.74) is -6.12. The predicted octanol–water partition coefficient (Wildman–Crippen LogP) is 4.29. The highest BCUT2D eigenvalue weighted by molar-refractivity contribution is 7.92. The number of halogens is 6. The van der Waals surface area contributed by atoms with Gasteiger partial charge in [-0.2, -0.15) is 31.4 Å². The zero-order chi connectivity index (χ0) is 23.9. The molecule has 0 amide bonds. The van der Waals surface area contributed by atoms with Crippen molar-refractivity contribution in [3.8, 4) is 5.69 Å². The lowest BCUT2D eigenvalue weighted by Crippen LogP contribution is -2.53. The first-order valence-corrected chi connectivity index (χ1v) is 10.3. The fourth-order valence-corrected chi connectivity index (χ4v) is 4.18. The number of nitrogens with one attached hydrogen (secondary N) is 1. The number of rotatable bonds is 5. The second kappa shape index (κ2) is 7.81. The van der Waals surface area contributed by atoms with Gasteiger partial charge in [-0.05, 0) is 31.2 Å². The molecule has 1 aromatic heterocycles. The van der Waals surface area contributed by atoms with Crippen LogP contribution in [0, 0.1) is 6.92 Å². The predicted molar refractivity (Wildman–Crippen MR) is 102 cm³/mol. The Labute approximate surface area is 178 Å². The van der Waals surface area contributed by atoms with Crippen LogP contribution in [-0.4, -0.2) is 35.7 Å². The summed E-state index contributed by atoms with van der Waals surface area (Å²) in [5, 5.41) is 13.4. The maximum Gasteiger partial charge on any atom is 0.430 e. The maximum atomic E-state index is 13.0. The average molecular weight is 479 g/mol. The fourth-order valence-electron chi connectivity index (χ4n) is 2.97. The number of sulfonamides is 1. The van der Waals surface area contributed by atoms with Crippen molar-refractivity contribution >= 4 is 15.7 Å². The van der Waals surface area contributed by atoms with E-state index in [2.05, 4.69) is 9.82 Å². The Hall–Kier alpha value is -3.06. The lowest BCUT2D eigenvalue weighted by molar-refractivity contribution is -0.376. The van der Waals surface area contributed by atoms with Gasteiger partial charge in [-0.1, -0.05) is 30.3 Å². The first kappa shape index (κ1) is 23.6. The number of nitrogens with zero attached hydrogens (tertiary/aromatic N) is 2. The van der Waals surface area contributed by atoms with Crippen LogP contribution in [0.3, 0.4) is 0 Å². The van der Waals surface area contributed by atoms with Crippen molar-refractivity contribution in [2.75, 3.05) is 4.72 Å². The fraction of sp³-hybridized carbons (Fsp3) is 0.211. The van der Waals surface area contributed by atoms with Crippen molar-refractivity contribution in [1.29, 1.82) is 0 Å². The van der Waals surface area contributed by atoms with Gasteiger partial charge in [0, 0.05) is 11.3 Å². The number of hydrogen-bond acceptors (Lipinski definition) is 4. The minimum Gasteiger partial charge on any atom is -0.369 e. The smallest absolute Gasteiger partial charge is 0.369 e. The third-order valence-corrected chi connectivity index (χ3v) is 6.11. The zero-order valence-electron chi connectivity index (χ0n) is 16.1. The van der Waals surface area contributed by atoms with E-state index in [1.54, 1.807) is 30.3 Å². The normalized spacial score (nSPS) is 13.2. The number of aromatic nitrogens is 2. The van der Waals surface area contributed by atoms with Crippen LogP contribution in [0.4, 0.5) is 32.0 Å². The van der Waals surface area contributed by atoms with Crippen molar-refractivity contribution in [2.24, 2.45) is 0 Å². The molecule has 0 atom stereocenters. The van der Waals surface area contributed by atoms with E-state index in [9.17, 15) is 39.9 Å². The molecule has 0 saturated carbocycles. The number of benzene rings is 2. The van der Waals surface area contributed by atoms with Crippen molar-refractivity contribution in [3.63, 3.8) is 0 Å². The van der Waals surface area contributed by atoms with Crippen LogP contribution in [0.1, 0.15) is 11.3 Å². The monoisotopic (exact) mass is 479 g/mol. The molecule has 0 saturated heterocycles. The number of para-hydroxylation sites is 1. The quantitative estimate of drug-likeness (QED) is 0.535. The van der Waals surface area contributed by atoms with Crippen LogP contribution in [0.5, 0.6) is 0 Å². The van der Waals surface area contributed by atoms with E-state index in [0.717, 1.165) is 6.20 Å². The maximum absolute atomic E-state index is 13.0. The Kier molecular flexibility index (Phi) is 5.76. The summed E-state index contributed by atoms with van der Waals surface area (Å²) in [7, 11) is -4.28. The van der Waals surface area contributed by atoms with Crippen LogP contribution in [0.2, 0.25) is 0 Å². The summed E-state index contributed by atoms with van der Waals surface area (Å²) in [6.45, 7) is 1.48. The Morgan fingerprint density at radius 2 is 1.44 bits per heavy atom. The molecule has 6 nitrogen and oxygen atoms in total. The molecule has 0 aliphatic heterocycles. The molecule has 0 spiro atoms. The van der Waals surface area contributed by atoms with Gasteiger partial charge in [0.25, 0.3) is 15.6 Å². The first-order chi connectivity index (χ1) is 14.7. The number of alkyl halides is 6. The van der Waals surface area contributed by atoms with Gasteiger partial charge in [0.15, 0.2) is 0 Å². The average Bonchev–Trinajstić information content (AvgIpc) is 3.09. The molecule has 13 heteroatoms. The lowest BCUT2D eigenvalue weighted by atomic mass is 9.92. The Morgan fingerprint density at radius 3 is 1.94 bits per heavy atom. The molecule has 0 aliphatic carbocycles.